The van der Waals surface area contributed by atoms with Crippen LogP contribution in [0, 0.1) is 0 Å². The van der Waals surface area contributed by atoms with Crippen LogP contribution in [-0.4, -0.2) is 17.0 Å². The zero-order valence-electron chi connectivity index (χ0n) is 14.5. The van der Waals surface area contributed by atoms with Gasteiger partial charge >= 0.3 is 12.2 Å². The second-order valence-electron chi connectivity index (χ2n) is 6.02. The number of nitrogens with one attached hydrogen (secondary N) is 1. The van der Waals surface area contributed by atoms with Gasteiger partial charge in [-0.25, -0.2) is 4.79 Å². The van der Waals surface area contributed by atoms with Gasteiger partial charge in [-0.15, -0.1) is 0 Å². The van der Waals surface area contributed by atoms with Crippen LogP contribution in [0.2, 0.25) is 5.02 Å². The van der Waals surface area contributed by atoms with Crippen molar-refractivity contribution in [2.45, 2.75) is 39.0 Å². The molecule has 2 aromatic rings. The Kier molecular flexibility index (Phi) is 6.53. The van der Waals surface area contributed by atoms with Gasteiger partial charge < -0.3 is 10.2 Å². The zero-order valence-corrected chi connectivity index (χ0v) is 15.2. The third-order valence-electron chi connectivity index (χ3n) is 4.09. The highest BCUT2D eigenvalue weighted by Gasteiger charge is 2.30. The van der Waals surface area contributed by atoms with Crippen molar-refractivity contribution >= 4 is 23.3 Å². The van der Waals surface area contributed by atoms with Crippen LogP contribution >= 0.6 is 11.6 Å². The number of anilines is 1. The summed E-state index contributed by atoms with van der Waals surface area (Å²) in [5.41, 5.74) is 0.475. The van der Waals surface area contributed by atoms with E-state index in [0.717, 1.165) is 12.1 Å². The van der Waals surface area contributed by atoms with Gasteiger partial charge in [-0.1, -0.05) is 36.7 Å². The highest BCUT2D eigenvalue weighted by Crippen LogP contribution is 2.29. The summed E-state index contributed by atoms with van der Waals surface area (Å²) < 4.78 is 38.0. The number of urea groups is 1. The van der Waals surface area contributed by atoms with Crippen molar-refractivity contribution in [1.82, 2.24) is 4.90 Å². The van der Waals surface area contributed by atoms with Crippen LogP contribution < -0.4 is 5.32 Å². The lowest BCUT2D eigenvalue weighted by atomic mass is 10.1. The third-order valence-corrected chi connectivity index (χ3v) is 4.33. The maximum atomic E-state index is 12.7. The van der Waals surface area contributed by atoms with Gasteiger partial charge in [0.15, 0.2) is 0 Å². The molecule has 1 unspecified atom stereocenters. The van der Waals surface area contributed by atoms with Crippen LogP contribution in [0.4, 0.5) is 23.7 Å². The molecule has 0 heterocycles. The van der Waals surface area contributed by atoms with E-state index in [2.05, 4.69) is 5.32 Å². The SMILES string of the molecule is CCC(C)N(Cc1ccc(C(F)(F)F)cc1)C(=O)Nc1cccc(Cl)c1. The highest BCUT2D eigenvalue weighted by atomic mass is 35.5. The molecule has 0 aliphatic carbocycles. The first kappa shape index (κ1) is 20.1. The van der Waals surface area contributed by atoms with Crippen LogP contribution in [0.25, 0.3) is 0 Å². The van der Waals surface area contributed by atoms with E-state index in [1.54, 1.807) is 29.2 Å². The molecule has 0 spiro atoms. The number of benzene rings is 2. The number of rotatable bonds is 5. The molecule has 140 valence electrons. The standard InChI is InChI=1S/C19H20ClF3N2O/c1-3-13(2)25(18(26)24-17-6-4-5-16(20)11-17)12-14-7-9-15(10-8-14)19(21,22)23/h4-11,13H,3,12H2,1-2H3,(H,24,26). The lowest BCUT2D eigenvalue weighted by Crippen LogP contribution is -2.40. The zero-order chi connectivity index (χ0) is 19.3. The maximum absolute atomic E-state index is 12.7. The summed E-state index contributed by atoms with van der Waals surface area (Å²) in [6.45, 7) is 4.04. The van der Waals surface area contributed by atoms with E-state index in [-0.39, 0.29) is 18.6 Å². The van der Waals surface area contributed by atoms with E-state index in [1.165, 1.54) is 12.1 Å². The molecular formula is C19H20ClF3N2O. The molecule has 0 radical (unpaired) electrons. The van der Waals surface area contributed by atoms with E-state index in [4.69, 9.17) is 11.6 Å². The van der Waals surface area contributed by atoms with Crippen LogP contribution in [0.1, 0.15) is 31.4 Å². The Morgan fingerprint density at radius 1 is 1.19 bits per heavy atom. The molecule has 0 aliphatic rings. The Balaban J connectivity index is 2.15. The summed E-state index contributed by atoms with van der Waals surface area (Å²) in [5, 5.41) is 3.28. The van der Waals surface area contributed by atoms with E-state index in [1.807, 2.05) is 13.8 Å². The molecule has 2 aromatic carbocycles. The molecule has 0 fully saturated rings. The van der Waals surface area contributed by atoms with Crippen molar-refractivity contribution < 1.29 is 18.0 Å². The molecule has 2 rings (SSSR count). The van der Waals surface area contributed by atoms with Crippen LogP contribution in [-0.2, 0) is 12.7 Å². The number of nitrogens with zero attached hydrogens (tertiary/aromatic N) is 1. The number of alkyl halides is 3. The molecule has 1 N–H and O–H groups in total. The first-order chi connectivity index (χ1) is 12.2. The van der Waals surface area contributed by atoms with Crippen molar-refractivity contribution in [2.24, 2.45) is 0 Å². The Bertz CT molecular complexity index is 747. The summed E-state index contributed by atoms with van der Waals surface area (Å²) in [5.74, 6) is 0. The summed E-state index contributed by atoms with van der Waals surface area (Å²) in [7, 11) is 0. The van der Waals surface area contributed by atoms with Gasteiger partial charge in [-0.05, 0) is 49.2 Å². The fraction of sp³-hybridized carbons (Fsp3) is 0.316. The molecule has 0 saturated heterocycles. The van der Waals surface area contributed by atoms with E-state index < -0.39 is 11.7 Å². The minimum Gasteiger partial charge on any atom is -0.318 e. The summed E-state index contributed by atoms with van der Waals surface area (Å²) in [6, 6.07) is 11.2. The minimum atomic E-state index is -4.38. The largest absolute Gasteiger partial charge is 0.416 e. The van der Waals surface area contributed by atoms with Crippen molar-refractivity contribution in [1.29, 1.82) is 0 Å². The first-order valence-electron chi connectivity index (χ1n) is 8.20. The maximum Gasteiger partial charge on any atom is 0.416 e. The van der Waals surface area contributed by atoms with Gasteiger partial charge in [0, 0.05) is 23.3 Å². The minimum absolute atomic E-state index is 0.0866. The molecular weight excluding hydrogens is 365 g/mol. The topological polar surface area (TPSA) is 32.3 Å². The van der Waals surface area contributed by atoms with Gasteiger partial charge in [0.25, 0.3) is 0 Å². The van der Waals surface area contributed by atoms with Crippen LogP contribution in [0.3, 0.4) is 0 Å². The molecule has 26 heavy (non-hydrogen) atoms. The predicted molar refractivity (Wildman–Crippen MR) is 97.2 cm³/mol. The Labute approximate surface area is 155 Å². The Morgan fingerprint density at radius 2 is 1.85 bits per heavy atom. The number of hydrogen-bond donors (Lipinski definition) is 1. The fourth-order valence-electron chi connectivity index (χ4n) is 2.41. The number of carbonyl (C=O) groups is 1. The molecule has 0 saturated carbocycles. The van der Waals surface area contributed by atoms with Gasteiger partial charge in [-0.3, -0.25) is 0 Å². The third kappa shape index (κ3) is 5.39. The highest BCUT2D eigenvalue weighted by molar-refractivity contribution is 6.30. The second-order valence-corrected chi connectivity index (χ2v) is 6.46. The lowest BCUT2D eigenvalue weighted by Gasteiger charge is -2.29. The van der Waals surface area contributed by atoms with Gasteiger partial charge in [0.1, 0.15) is 0 Å². The summed E-state index contributed by atoms with van der Waals surface area (Å²) in [6.07, 6.45) is -3.66. The van der Waals surface area contributed by atoms with Crippen molar-refractivity contribution in [2.75, 3.05) is 5.32 Å². The van der Waals surface area contributed by atoms with Gasteiger partial charge in [0.2, 0.25) is 0 Å². The number of carbonyl (C=O) groups excluding carboxylic acids is 1. The molecule has 3 nitrogen and oxygen atoms in total. The van der Waals surface area contributed by atoms with E-state index in [9.17, 15) is 18.0 Å². The predicted octanol–water partition coefficient (Wildman–Crippen LogP) is 6.19. The molecule has 0 bridgehead atoms. The normalized spacial score (nSPS) is 12.5. The fourth-order valence-corrected chi connectivity index (χ4v) is 2.60. The van der Waals surface area contributed by atoms with Crippen molar-refractivity contribution in [3.63, 3.8) is 0 Å². The molecule has 1 atom stereocenters. The Hall–Kier alpha value is -2.21. The molecule has 0 aliphatic heterocycles. The van der Waals surface area contributed by atoms with Crippen LogP contribution in [0.5, 0.6) is 0 Å². The monoisotopic (exact) mass is 384 g/mol. The molecule has 2 amide bonds. The average Bonchev–Trinajstić information content (AvgIpc) is 2.58. The first-order valence-corrected chi connectivity index (χ1v) is 8.58. The summed E-state index contributed by atoms with van der Waals surface area (Å²) in [4.78, 5) is 14.2. The molecule has 0 aromatic heterocycles. The van der Waals surface area contributed by atoms with Crippen molar-refractivity contribution in [3.8, 4) is 0 Å². The summed E-state index contributed by atoms with van der Waals surface area (Å²) >= 11 is 5.92. The number of amides is 2. The quantitative estimate of drug-likeness (QED) is 0.654. The van der Waals surface area contributed by atoms with Gasteiger partial charge in [0.05, 0.1) is 5.56 Å². The van der Waals surface area contributed by atoms with Gasteiger partial charge in [-0.2, -0.15) is 13.2 Å². The second kappa shape index (κ2) is 8.45. The number of hydrogen-bond acceptors (Lipinski definition) is 1. The van der Waals surface area contributed by atoms with E-state index >= 15 is 0 Å². The van der Waals surface area contributed by atoms with E-state index in [0.29, 0.717) is 22.7 Å². The smallest absolute Gasteiger partial charge is 0.318 e. The van der Waals surface area contributed by atoms with Crippen molar-refractivity contribution in [3.05, 3.63) is 64.7 Å². The number of halogens is 4. The van der Waals surface area contributed by atoms with Crippen LogP contribution in [0.15, 0.2) is 48.5 Å². The molecule has 7 heteroatoms. The lowest BCUT2D eigenvalue weighted by molar-refractivity contribution is -0.137. The Morgan fingerprint density at radius 3 is 2.38 bits per heavy atom. The average molecular weight is 385 g/mol.